The van der Waals surface area contributed by atoms with Crippen LogP contribution < -0.4 is 0 Å². The fourth-order valence-electron chi connectivity index (χ4n) is 0.923. The molecule has 1 aliphatic heterocycles. The van der Waals surface area contributed by atoms with Crippen molar-refractivity contribution in [2.75, 3.05) is 0 Å². The zero-order chi connectivity index (χ0) is 8.27. The minimum atomic E-state index is -2.03. The first-order valence-electron chi connectivity index (χ1n) is 3.56. The summed E-state index contributed by atoms with van der Waals surface area (Å²) in [4.78, 5) is 21.2. The predicted molar refractivity (Wildman–Crippen MR) is 41.3 cm³/mol. The second-order valence-electron chi connectivity index (χ2n) is 2.53. The third kappa shape index (κ3) is 2.69. The number of rotatable bonds is 2. The van der Waals surface area contributed by atoms with Gasteiger partial charge in [-0.1, -0.05) is 0 Å². The summed E-state index contributed by atoms with van der Waals surface area (Å²) in [5.41, 5.74) is 0. The van der Waals surface area contributed by atoms with Crippen LogP contribution in [0.1, 0.15) is 6.92 Å². The SMILES string of the molecule is CC(=O)C(=O)[O][In]1[CH2]C=C[CH2]1. The topological polar surface area (TPSA) is 43.4 Å². The van der Waals surface area contributed by atoms with Crippen LogP contribution >= 0.6 is 0 Å². The van der Waals surface area contributed by atoms with E-state index in [9.17, 15) is 9.59 Å². The van der Waals surface area contributed by atoms with Gasteiger partial charge in [-0.25, -0.2) is 0 Å². The number of hydrogen-bond donors (Lipinski definition) is 0. The fourth-order valence-corrected chi connectivity index (χ4v) is 6.19. The molecule has 1 aliphatic rings. The molecule has 0 aliphatic carbocycles. The number of hydrogen-bond acceptors (Lipinski definition) is 3. The second kappa shape index (κ2) is 3.95. The number of ketones is 1. The molecule has 0 bridgehead atoms. The van der Waals surface area contributed by atoms with Gasteiger partial charge in [0, 0.05) is 0 Å². The van der Waals surface area contributed by atoms with Crippen molar-refractivity contribution >= 4 is 33.6 Å². The zero-order valence-electron chi connectivity index (χ0n) is 6.37. The molecule has 0 unspecified atom stereocenters. The Morgan fingerprint density at radius 3 is 2.36 bits per heavy atom. The van der Waals surface area contributed by atoms with Gasteiger partial charge in [0.1, 0.15) is 0 Å². The van der Waals surface area contributed by atoms with Crippen LogP contribution in [0.3, 0.4) is 0 Å². The van der Waals surface area contributed by atoms with E-state index in [1.807, 2.05) is 12.2 Å². The Balaban J connectivity index is 2.31. The summed E-state index contributed by atoms with van der Waals surface area (Å²) in [5.74, 6) is -1.11. The Morgan fingerprint density at radius 1 is 1.36 bits per heavy atom. The summed E-state index contributed by atoms with van der Waals surface area (Å²) >= 11 is -2.03. The average molecular weight is 256 g/mol. The van der Waals surface area contributed by atoms with Gasteiger partial charge >= 0.3 is 73.5 Å². The molecule has 0 fully saturated rings. The van der Waals surface area contributed by atoms with Crippen LogP contribution in [0.2, 0.25) is 8.35 Å². The predicted octanol–water partition coefficient (Wildman–Crippen LogP) is 0.680. The standard InChI is InChI=1S/C4H6.C3H4O3.In/c1-3-4-2;1-2(4)3(5)6;/h3-4H,1-2H2;1H3,(H,5,6);/q;;+1/p-1. The molecule has 1 rings (SSSR count). The first-order chi connectivity index (χ1) is 5.20. The molecule has 3 nitrogen and oxygen atoms in total. The molecule has 0 spiro atoms. The summed E-state index contributed by atoms with van der Waals surface area (Å²) in [6.45, 7) is 1.25. The maximum absolute atomic E-state index is 10.8. The van der Waals surface area contributed by atoms with Crippen molar-refractivity contribution in [1.29, 1.82) is 0 Å². The van der Waals surface area contributed by atoms with E-state index in [2.05, 4.69) is 0 Å². The van der Waals surface area contributed by atoms with Crippen LogP contribution in [0.5, 0.6) is 0 Å². The molecule has 58 valence electrons. The molecule has 4 heteroatoms. The van der Waals surface area contributed by atoms with Crippen LogP contribution in [-0.2, 0) is 12.4 Å². The quantitative estimate of drug-likeness (QED) is 0.539. The van der Waals surface area contributed by atoms with E-state index in [1.165, 1.54) is 6.92 Å². The summed E-state index contributed by atoms with van der Waals surface area (Å²) < 4.78 is 6.92. The summed E-state index contributed by atoms with van der Waals surface area (Å²) in [7, 11) is 0. The molecule has 0 aromatic heterocycles. The normalized spacial score (nSPS) is 15.2. The van der Waals surface area contributed by atoms with Crippen molar-refractivity contribution < 1.29 is 12.4 Å². The molecular weight excluding hydrogens is 247 g/mol. The molecular formula is C7H9InO3. The van der Waals surface area contributed by atoms with Gasteiger partial charge in [0.2, 0.25) is 0 Å². The number of carbonyl (C=O) groups is 2. The van der Waals surface area contributed by atoms with Gasteiger partial charge in [0.15, 0.2) is 0 Å². The molecule has 0 aromatic rings. The van der Waals surface area contributed by atoms with Gasteiger partial charge in [-0.15, -0.1) is 0 Å². The van der Waals surface area contributed by atoms with E-state index in [1.54, 1.807) is 0 Å². The van der Waals surface area contributed by atoms with Crippen molar-refractivity contribution in [3.8, 4) is 0 Å². The number of Topliss-reactive ketones (excluding diaryl/α,β-unsaturated/α-hetero) is 1. The van der Waals surface area contributed by atoms with Gasteiger partial charge in [-0.2, -0.15) is 0 Å². The number of carbonyl (C=O) groups excluding carboxylic acids is 2. The van der Waals surface area contributed by atoms with Crippen LogP contribution in [-0.4, -0.2) is 33.6 Å². The van der Waals surface area contributed by atoms with E-state index < -0.39 is 33.6 Å². The Labute approximate surface area is 73.6 Å². The van der Waals surface area contributed by atoms with Gasteiger partial charge < -0.3 is 0 Å². The first kappa shape index (κ1) is 8.84. The number of allylic oxidation sites excluding steroid dienone is 2. The Kier molecular flexibility index (Phi) is 3.17. The van der Waals surface area contributed by atoms with Crippen LogP contribution in [0.4, 0.5) is 0 Å². The third-order valence-corrected chi connectivity index (χ3v) is 7.64. The molecule has 0 N–H and O–H groups in total. The fraction of sp³-hybridized carbons (Fsp3) is 0.429. The van der Waals surface area contributed by atoms with Gasteiger partial charge in [-0.3, -0.25) is 0 Å². The summed E-state index contributed by atoms with van der Waals surface area (Å²) in [6, 6.07) is 0. The minimum absolute atomic E-state index is 0.478. The van der Waals surface area contributed by atoms with E-state index in [0.717, 1.165) is 8.35 Å². The van der Waals surface area contributed by atoms with Crippen molar-refractivity contribution in [3.05, 3.63) is 12.2 Å². The maximum atomic E-state index is 10.8. The van der Waals surface area contributed by atoms with Crippen molar-refractivity contribution in [2.24, 2.45) is 0 Å². The van der Waals surface area contributed by atoms with E-state index in [-0.39, 0.29) is 0 Å². The molecule has 11 heavy (non-hydrogen) atoms. The van der Waals surface area contributed by atoms with E-state index in [0.29, 0.717) is 0 Å². The monoisotopic (exact) mass is 256 g/mol. The average Bonchev–Trinajstić information content (AvgIpc) is 2.39. The Morgan fingerprint density at radius 2 is 1.91 bits per heavy atom. The van der Waals surface area contributed by atoms with Crippen molar-refractivity contribution in [1.82, 2.24) is 0 Å². The Bertz CT molecular complexity index is 202. The molecule has 0 aromatic carbocycles. The van der Waals surface area contributed by atoms with Gasteiger partial charge in [-0.05, 0) is 0 Å². The summed E-state index contributed by atoms with van der Waals surface area (Å²) in [5, 5.41) is 0. The molecule has 0 saturated heterocycles. The molecule has 1 heterocycles. The van der Waals surface area contributed by atoms with E-state index in [4.69, 9.17) is 2.85 Å². The van der Waals surface area contributed by atoms with Crippen LogP contribution in [0, 0.1) is 0 Å². The molecule has 0 saturated carbocycles. The third-order valence-electron chi connectivity index (χ3n) is 1.53. The molecule has 0 atom stereocenters. The van der Waals surface area contributed by atoms with Crippen LogP contribution in [0.25, 0.3) is 0 Å². The van der Waals surface area contributed by atoms with Crippen molar-refractivity contribution in [2.45, 2.75) is 15.3 Å². The van der Waals surface area contributed by atoms with Crippen LogP contribution in [0.15, 0.2) is 12.2 Å². The Hall–Kier alpha value is -0.250. The molecule has 0 radical (unpaired) electrons. The zero-order valence-corrected chi connectivity index (χ0v) is 9.67. The summed E-state index contributed by atoms with van der Waals surface area (Å²) in [6.07, 6.45) is 4.07. The van der Waals surface area contributed by atoms with Crippen molar-refractivity contribution in [3.63, 3.8) is 0 Å². The molecule has 0 amide bonds. The first-order valence-corrected chi connectivity index (χ1v) is 9.57. The van der Waals surface area contributed by atoms with E-state index >= 15 is 0 Å². The second-order valence-corrected chi connectivity index (χ2v) is 9.44. The van der Waals surface area contributed by atoms with Gasteiger partial charge in [0.05, 0.1) is 0 Å². The van der Waals surface area contributed by atoms with Gasteiger partial charge in [0.25, 0.3) is 0 Å².